The lowest BCUT2D eigenvalue weighted by molar-refractivity contribution is -0.155. The van der Waals surface area contributed by atoms with E-state index in [1.165, 1.54) is 0 Å². The Morgan fingerprint density at radius 1 is 1.10 bits per heavy atom. The molecule has 2 N–H and O–H groups in total. The molecule has 0 spiro atoms. The summed E-state index contributed by atoms with van der Waals surface area (Å²) in [6.45, 7) is 7.50. The van der Waals surface area contributed by atoms with Crippen LogP contribution in [0.1, 0.15) is 27.7 Å². The van der Waals surface area contributed by atoms with E-state index in [9.17, 15) is 4.79 Å². The van der Waals surface area contributed by atoms with Gasteiger partial charge >= 0.3 is 5.97 Å². The van der Waals surface area contributed by atoms with E-state index in [2.05, 4.69) is 0 Å². The zero-order valence-corrected chi connectivity index (χ0v) is 13.2. The topological polar surface area (TPSA) is 61.5 Å². The summed E-state index contributed by atoms with van der Waals surface area (Å²) in [5, 5.41) is 0. The van der Waals surface area contributed by atoms with Gasteiger partial charge < -0.3 is 15.2 Å². The molecule has 0 radical (unpaired) electrons. The van der Waals surface area contributed by atoms with Crippen molar-refractivity contribution in [3.63, 3.8) is 0 Å². The molecule has 0 amide bonds. The minimum atomic E-state index is -0.619. The van der Waals surface area contributed by atoms with E-state index in [4.69, 9.17) is 15.2 Å². The standard InChI is InChI=1S/C15H23NO3.ClH/c1-10(2)14(12(4)18-15(17)11(3)16)19-13-8-6-5-7-9-13;/h5-12,14H,16H2,1-4H3;1H/t11-,12+,14+;/m1./s1. The SMILES string of the molecule is CC(C)[C@H](Oc1ccccc1)[C@H](C)OC(=O)[C@@H](C)N.Cl. The van der Waals surface area contributed by atoms with Gasteiger partial charge in [-0.3, -0.25) is 4.79 Å². The van der Waals surface area contributed by atoms with Crippen molar-refractivity contribution in [2.75, 3.05) is 0 Å². The summed E-state index contributed by atoms with van der Waals surface area (Å²) < 4.78 is 11.2. The van der Waals surface area contributed by atoms with Crippen molar-refractivity contribution in [1.82, 2.24) is 0 Å². The lowest BCUT2D eigenvalue weighted by Crippen LogP contribution is -2.41. The minimum absolute atomic E-state index is 0. The number of nitrogens with two attached hydrogens (primary N) is 1. The van der Waals surface area contributed by atoms with Gasteiger partial charge in [0.05, 0.1) is 0 Å². The van der Waals surface area contributed by atoms with Gasteiger partial charge in [0.15, 0.2) is 0 Å². The van der Waals surface area contributed by atoms with Gasteiger partial charge in [-0.15, -0.1) is 12.4 Å². The van der Waals surface area contributed by atoms with Crippen LogP contribution < -0.4 is 10.5 Å². The highest BCUT2D eigenvalue weighted by atomic mass is 35.5. The zero-order valence-electron chi connectivity index (χ0n) is 12.4. The Kier molecular flexibility index (Phi) is 8.26. The Labute approximate surface area is 127 Å². The number of carbonyl (C=O) groups is 1. The Morgan fingerprint density at radius 3 is 2.10 bits per heavy atom. The second kappa shape index (κ2) is 8.82. The monoisotopic (exact) mass is 301 g/mol. The van der Waals surface area contributed by atoms with Crippen LogP contribution in [0.2, 0.25) is 0 Å². The summed E-state index contributed by atoms with van der Waals surface area (Å²) in [5.41, 5.74) is 5.50. The number of hydrogen-bond acceptors (Lipinski definition) is 4. The average molecular weight is 302 g/mol. The van der Waals surface area contributed by atoms with Crippen LogP contribution in [0.5, 0.6) is 5.75 Å². The molecule has 0 bridgehead atoms. The van der Waals surface area contributed by atoms with E-state index in [0.29, 0.717) is 0 Å². The van der Waals surface area contributed by atoms with Gasteiger partial charge in [0.25, 0.3) is 0 Å². The first-order valence-corrected chi connectivity index (χ1v) is 6.59. The van der Waals surface area contributed by atoms with Crippen LogP contribution in [0.25, 0.3) is 0 Å². The maximum Gasteiger partial charge on any atom is 0.323 e. The summed E-state index contributed by atoms with van der Waals surface area (Å²) in [6, 6.07) is 8.89. The molecule has 5 heteroatoms. The van der Waals surface area contributed by atoms with Crippen molar-refractivity contribution in [3.05, 3.63) is 30.3 Å². The highest BCUT2D eigenvalue weighted by Crippen LogP contribution is 2.19. The Morgan fingerprint density at radius 2 is 1.65 bits per heavy atom. The normalized spacial score (nSPS) is 14.9. The summed E-state index contributed by atoms with van der Waals surface area (Å²) in [4.78, 5) is 11.5. The van der Waals surface area contributed by atoms with Crippen LogP contribution in [0.15, 0.2) is 30.3 Å². The quantitative estimate of drug-likeness (QED) is 0.821. The fourth-order valence-corrected chi connectivity index (χ4v) is 1.79. The molecule has 4 nitrogen and oxygen atoms in total. The third-order valence-electron chi connectivity index (χ3n) is 2.81. The number of halogens is 1. The first-order valence-electron chi connectivity index (χ1n) is 6.59. The van der Waals surface area contributed by atoms with Crippen LogP contribution in [0, 0.1) is 5.92 Å². The van der Waals surface area contributed by atoms with Gasteiger partial charge in [0.2, 0.25) is 0 Å². The number of ether oxygens (including phenoxy) is 2. The molecular formula is C15H24ClNO3. The predicted molar refractivity (Wildman–Crippen MR) is 82.1 cm³/mol. The molecule has 3 atom stereocenters. The van der Waals surface area contributed by atoms with Crippen LogP contribution in [-0.2, 0) is 9.53 Å². The molecule has 1 rings (SSSR count). The first-order chi connectivity index (χ1) is 8.91. The van der Waals surface area contributed by atoms with Crippen LogP contribution >= 0.6 is 12.4 Å². The van der Waals surface area contributed by atoms with Crippen LogP contribution in [-0.4, -0.2) is 24.2 Å². The lowest BCUT2D eigenvalue weighted by atomic mass is 10.0. The third kappa shape index (κ3) is 5.80. The lowest BCUT2D eigenvalue weighted by Gasteiger charge is -2.28. The maximum absolute atomic E-state index is 11.5. The molecule has 114 valence electrons. The molecule has 0 unspecified atom stereocenters. The molecule has 20 heavy (non-hydrogen) atoms. The summed E-state index contributed by atoms with van der Waals surface area (Å²) in [5.74, 6) is 0.579. The fraction of sp³-hybridized carbons (Fsp3) is 0.533. The van der Waals surface area contributed by atoms with Crippen molar-refractivity contribution in [2.24, 2.45) is 11.7 Å². The molecule has 0 aliphatic rings. The van der Waals surface area contributed by atoms with E-state index in [0.717, 1.165) is 5.75 Å². The molecule has 0 aliphatic heterocycles. The summed E-state index contributed by atoms with van der Waals surface area (Å²) >= 11 is 0. The van der Waals surface area contributed by atoms with Gasteiger partial charge in [-0.2, -0.15) is 0 Å². The predicted octanol–water partition coefficient (Wildman–Crippen LogP) is 2.79. The number of esters is 1. The minimum Gasteiger partial charge on any atom is -0.486 e. The van der Waals surface area contributed by atoms with Crippen molar-refractivity contribution in [3.8, 4) is 5.75 Å². The molecule has 1 aromatic carbocycles. The average Bonchev–Trinajstić information content (AvgIpc) is 2.36. The van der Waals surface area contributed by atoms with Gasteiger partial charge in [-0.25, -0.2) is 0 Å². The smallest absolute Gasteiger partial charge is 0.323 e. The number of rotatable bonds is 6. The molecule has 0 fully saturated rings. The molecule has 0 aliphatic carbocycles. The number of hydrogen-bond donors (Lipinski definition) is 1. The number of benzene rings is 1. The Bertz CT molecular complexity index is 395. The van der Waals surface area contributed by atoms with Crippen LogP contribution in [0.3, 0.4) is 0 Å². The van der Waals surface area contributed by atoms with Gasteiger partial charge in [0, 0.05) is 0 Å². The van der Waals surface area contributed by atoms with Gasteiger partial charge in [0.1, 0.15) is 24.0 Å². The van der Waals surface area contributed by atoms with Crippen LogP contribution in [0.4, 0.5) is 0 Å². The Hall–Kier alpha value is -1.26. The van der Waals surface area contributed by atoms with Crippen molar-refractivity contribution in [2.45, 2.75) is 45.9 Å². The third-order valence-corrected chi connectivity index (χ3v) is 2.81. The second-order valence-electron chi connectivity index (χ2n) is 5.07. The van der Waals surface area contributed by atoms with E-state index in [-0.39, 0.29) is 30.5 Å². The summed E-state index contributed by atoms with van der Waals surface area (Å²) in [6.07, 6.45) is -0.552. The molecular weight excluding hydrogens is 278 g/mol. The zero-order chi connectivity index (χ0) is 14.4. The van der Waals surface area contributed by atoms with Crippen molar-refractivity contribution in [1.29, 1.82) is 0 Å². The number of carbonyl (C=O) groups excluding carboxylic acids is 1. The Balaban J connectivity index is 0.00000361. The molecule has 0 aromatic heterocycles. The van der Waals surface area contributed by atoms with E-state index in [1.54, 1.807) is 6.92 Å². The molecule has 0 saturated heterocycles. The number of para-hydroxylation sites is 1. The first kappa shape index (κ1) is 18.7. The van der Waals surface area contributed by atoms with Gasteiger partial charge in [-0.1, -0.05) is 32.0 Å². The maximum atomic E-state index is 11.5. The van der Waals surface area contributed by atoms with Crippen molar-refractivity contribution >= 4 is 18.4 Å². The molecule has 0 saturated carbocycles. The van der Waals surface area contributed by atoms with Gasteiger partial charge in [-0.05, 0) is 31.9 Å². The molecule has 0 heterocycles. The van der Waals surface area contributed by atoms with E-state index >= 15 is 0 Å². The summed E-state index contributed by atoms with van der Waals surface area (Å²) in [7, 11) is 0. The molecule has 1 aromatic rings. The van der Waals surface area contributed by atoms with E-state index in [1.807, 2.05) is 51.1 Å². The van der Waals surface area contributed by atoms with Crippen molar-refractivity contribution < 1.29 is 14.3 Å². The fourth-order valence-electron chi connectivity index (χ4n) is 1.79. The highest BCUT2D eigenvalue weighted by molar-refractivity contribution is 5.85. The van der Waals surface area contributed by atoms with E-state index < -0.39 is 12.0 Å². The second-order valence-corrected chi connectivity index (χ2v) is 5.07. The highest BCUT2D eigenvalue weighted by Gasteiger charge is 2.27. The largest absolute Gasteiger partial charge is 0.486 e.